The fourth-order valence-corrected chi connectivity index (χ4v) is 1.16. The first-order valence-corrected chi connectivity index (χ1v) is 3.89. The number of hydrogen-bond acceptors (Lipinski definition) is 2. The molecule has 0 aromatic carbocycles. The van der Waals surface area contributed by atoms with Gasteiger partial charge in [-0.2, -0.15) is 0 Å². The van der Waals surface area contributed by atoms with Gasteiger partial charge in [-0.25, -0.2) is 8.78 Å². The monoisotopic (exact) mass is 165 g/mol. The third-order valence-corrected chi connectivity index (χ3v) is 1.69. The zero-order valence-electron chi connectivity index (χ0n) is 6.35. The van der Waals surface area contributed by atoms with Crippen LogP contribution in [-0.2, 0) is 4.74 Å². The molecule has 0 amide bonds. The average Bonchev–Trinajstić information content (AvgIpc) is 2.39. The maximum absolute atomic E-state index is 11.6. The molecule has 11 heavy (non-hydrogen) atoms. The fraction of sp³-hybridized carbons (Fsp3) is 1.00. The molecule has 0 aliphatic carbocycles. The average molecular weight is 165 g/mol. The Labute approximate surface area is 64.9 Å². The lowest BCUT2D eigenvalue weighted by atomic mass is 10.2. The lowest BCUT2D eigenvalue weighted by Crippen LogP contribution is -2.29. The predicted molar refractivity (Wildman–Crippen MR) is 37.8 cm³/mol. The van der Waals surface area contributed by atoms with E-state index in [1.54, 1.807) is 0 Å². The largest absolute Gasteiger partial charge is 0.377 e. The summed E-state index contributed by atoms with van der Waals surface area (Å²) < 4.78 is 28.4. The van der Waals surface area contributed by atoms with E-state index < -0.39 is 6.43 Å². The summed E-state index contributed by atoms with van der Waals surface area (Å²) in [5.41, 5.74) is 0. The van der Waals surface area contributed by atoms with Gasteiger partial charge in [0.15, 0.2) is 0 Å². The van der Waals surface area contributed by atoms with Crippen molar-refractivity contribution in [1.29, 1.82) is 0 Å². The van der Waals surface area contributed by atoms with Crippen molar-refractivity contribution >= 4 is 0 Å². The molecular weight excluding hydrogens is 152 g/mol. The van der Waals surface area contributed by atoms with Crippen molar-refractivity contribution in [3.8, 4) is 0 Å². The highest BCUT2D eigenvalue weighted by atomic mass is 19.3. The summed E-state index contributed by atoms with van der Waals surface area (Å²) in [6.07, 6.45) is -0.0396. The molecule has 1 atom stereocenters. The molecule has 4 heteroatoms. The SMILES string of the molecule is FC(F)CNCC1CCCO1. The molecule has 1 aliphatic heterocycles. The Kier molecular flexibility index (Phi) is 3.72. The Morgan fingerprint density at radius 2 is 2.36 bits per heavy atom. The molecule has 0 aromatic heterocycles. The van der Waals surface area contributed by atoms with E-state index in [-0.39, 0.29) is 12.6 Å². The van der Waals surface area contributed by atoms with Crippen LogP contribution in [-0.4, -0.2) is 32.2 Å². The summed E-state index contributed by atoms with van der Waals surface area (Å²) >= 11 is 0. The molecule has 1 rings (SSSR count). The van der Waals surface area contributed by atoms with Gasteiger partial charge in [-0.1, -0.05) is 0 Å². The smallest absolute Gasteiger partial charge is 0.250 e. The third-order valence-electron chi connectivity index (χ3n) is 1.69. The summed E-state index contributed by atoms with van der Waals surface area (Å²) in [5.74, 6) is 0. The molecule has 0 spiro atoms. The van der Waals surface area contributed by atoms with Crippen LogP contribution in [0.1, 0.15) is 12.8 Å². The first-order chi connectivity index (χ1) is 5.29. The molecule has 2 nitrogen and oxygen atoms in total. The molecule has 0 bridgehead atoms. The van der Waals surface area contributed by atoms with Crippen LogP contribution in [0, 0.1) is 0 Å². The fourth-order valence-electron chi connectivity index (χ4n) is 1.16. The van der Waals surface area contributed by atoms with E-state index in [4.69, 9.17) is 4.74 Å². The van der Waals surface area contributed by atoms with E-state index in [0.717, 1.165) is 19.4 Å². The number of alkyl halides is 2. The first-order valence-electron chi connectivity index (χ1n) is 3.89. The highest BCUT2D eigenvalue weighted by Gasteiger charge is 2.14. The van der Waals surface area contributed by atoms with Gasteiger partial charge in [0, 0.05) is 13.2 Å². The zero-order chi connectivity index (χ0) is 8.10. The molecular formula is C7H13F2NO. The molecule has 1 N–H and O–H groups in total. The van der Waals surface area contributed by atoms with E-state index in [1.165, 1.54) is 0 Å². The maximum Gasteiger partial charge on any atom is 0.250 e. The third kappa shape index (κ3) is 3.62. The lowest BCUT2D eigenvalue weighted by Gasteiger charge is -2.09. The minimum absolute atomic E-state index is 0.161. The highest BCUT2D eigenvalue weighted by Crippen LogP contribution is 2.10. The molecule has 1 aliphatic rings. The van der Waals surface area contributed by atoms with Crippen LogP contribution in [0.4, 0.5) is 8.78 Å². The second-order valence-electron chi connectivity index (χ2n) is 2.68. The Hall–Kier alpha value is -0.220. The molecule has 1 heterocycles. The Bertz CT molecular complexity index is 105. The van der Waals surface area contributed by atoms with Crippen LogP contribution >= 0.6 is 0 Å². The van der Waals surface area contributed by atoms with Crippen LogP contribution in [0.3, 0.4) is 0 Å². The Morgan fingerprint density at radius 3 is 2.91 bits per heavy atom. The first kappa shape index (κ1) is 8.87. The van der Waals surface area contributed by atoms with Crippen molar-refractivity contribution in [2.45, 2.75) is 25.4 Å². The summed E-state index contributed by atoms with van der Waals surface area (Å²) in [5, 5.41) is 2.65. The second-order valence-corrected chi connectivity index (χ2v) is 2.68. The van der Waals surface area contributed by atoms with Crippen LogP contribution in [0.2, 0.25) is 0 Å². The quantitative estimate of drug-likeness (QED) is 0.671. The van der Waals surface area contributed by atoms with Crippen LogP contribution in [0.15, 0.2) is 0 Å². The van der Waals surface area contributed by atoms with Crippen molar-refractivity contribution in [1.82, 2.24) is 5.32 Å². The molecule has 66 valence electrons. The maximum atomic E-state index is 11.6. The molecule has 0 saturated carbocycles. The van der Waals surface area contributed by atoms with E-state index in [9.17, 15) is 8.78 Å². The van der Waals surface area contributed by atoms with Crippen molar-refractivity contribution in [3.63, 3.8) is 0 Å². The van der Waals surface area contributed by atoms with Crippen LogP contribution < -0.4 is 5.32 Å². The number of ether oxygens (including phenoxy) is 1. The van der Waals surface area contributed by atoms with Gasteiger partial charge in [0.2, 0.25) is 0 Å². The molecule has 1 fully saturated rings. The van der Waals surface area contributed by atoms with Crippen molar-refractivity contribution in [2.24, 2.45) is 0 Å². The van der Waals surface area contributed by atoms with Gasteiger partial charge in [0.05, 0.1) is 12.6 Å². The van der Waals surface area contributed by atoms with E-state index in [2.05, 4.69) is 5.32 Å². The zero-order valence-corrected chi connectivity index (χ0v) is 6.35. The van der Waals surface area contributed by atoms with Crippen molar-refractivity contribution in [3.05, 3.63) is 0 Å². The standard InChI is InChI=1S/C7H13F2NO/c8-7(9)5-10-4-6-2-1-3-11-6/h6-7,10H,1-5H2. The topological polar surface area (TPSA) is 21.3 Å². The summed E-state index contributed by atoms with van der Waals surface area (Å²) in [6, 6.07) is 0. The normalized spacial score (nSPS) is 24.8. The summed E-state index contributed by atoms with van der Waals surface area (Å²) in [6.45, 7) is 1.12. The van der Waals surface area contributed by atoms with Gasteiger partial charge in [0.25, 0.3) is 6.43 Å². The number of halogens is 2. The van der Waals surface area contributed by atoms with Gasteiger partial charge in [0.1, 0.15) is 0 Å². The van der Waals surface area contributed by atoms with Crippen LogP contribution in [0.25, 0.3) is 0 Å². The molecule has 1 unspecified atom stereocenters. The number of hydrogen-bond donors (Lipinski definition) is 1. The van der Waals surface area contributed by atoms with Crippen LogP contribution in [0.5, 0.6) is 0 Å². The summed E-state index contributed by atoms with van der Waals surface area (Å²) in [7, 11) is 0. The Morgan fingerprint density at radius 1 is 1.55 bits per heavy atom. The molecule has 0 aromatic rings. The van der Waals surface area contributed by atoms with Crippen molar-refractivity contribution in [2.75, 3.05) is 19.7 Å². The minimum atomic E-state index is -2.25. The highest BCUT2D eigenvalue weighted by molar-refractivity contribution is 4.67. The van der Waals surface area contributed by atoms with Gasteiger partial charge in [-0.3, -0.25) is 0 Å². The van der Waals surface area contributed by atoms with Gasteiger partial charge in [-0.05, 0) is 12.8 Å². The minimum Gasteiger partial charge on any atom is -0.377 e. The molecule has 0 radical (unpaired) electrons. The Balaban J connectivity index is 1.94. The van der Waals surface area contributed by atoms with Gasteiger partial charge < -0.3 is 10.1 Å². The lowest BCUT2D eigenvalue weighted by molar-refractivity contribution is 0.0986. The van der Waals surface area contributed by atoms with Gasteiger partial charge in [-0.15, -0.1) is 0 Å². The predicted octanol–water partition coefficient (Wildman–Crippen LogP) is 1.02. The number of nitrogens with one attached hydrogen (secondary N) is 1. The van der Waals surface area contributed by atoms with E-state index in [0.29, 0.717) is 6.54 Å². The van der Waals surface area contributed by atoms with E-state index >= 15 is 0 Å². The second kappa shape index (κ2) is 4.62. The summed E-state index contributed by atoms with van der Waals surface area (Å²) in [4.78, 5) is 0. The van der Waals surface area contributed by atoms with Gasteiger partial charge >= 0.3 is 0 Å². The van der Waals surface area contributed by atoms with Crippen molar-refractivity contribution < 1.29 is 13.5 Å². The number of rotatable bonds is 4. The van der Waals surface area contributed by atoms with E-state index in [1.807, 2.05) is 0 Å². The molecule has 1 saturated heterocycles.